The lowest BCUT2D eigenvalue weighted by Crippen LogP contribution is -2.38. The predicted octanol–water partition coefficient (Wildman–Crippen LogP) is 4.73. The van der Waals surface area contributed by atoms with Gasteiger partial charge in [-0.2, -0.15) is 0 Å². The van der Waals surface area contributed by atoms with Gasteiger partial charge in [0.05, 0.1) is 16.1 Å². The highest BCUT2D eigenvalue weighted by Crippen LogP contribution is 2.30. The molecule has 0 saturated carbocycles. The molecule has 2 rings (SSSR count). The Balaban J connectivity index is 2.34. The van der Waals surface area contributed by atoms with E-state index in [9.17, 15) is 0 Å². The maximum absolute atomic E-state index is 4.41. The molecular formula is C21H30Si2. The van der Waals surface area contributed by atoms with Crippen LogP contribution in [-0.2, 0) is 5.41 Å². The van der Waals surface area contributed by atoms with Crippen molar-refractivity contribution in [2.45, 2.75) is 44.7 Å². The van der Waals surface area contributed by atoms with Crippen LogP contribution >= 0.6 is 0 Å². The Morgan fingerprint density at radius 1 is 0.565 bits per heavy atom. The van der Waals surface area contributed by atoms with Gasteiger partial charge < -0.3 is 0 Å². The lowest BCUT2D eigenvalue weighted by atomic mass is 9.78. The van der Waals surface area contributed by atoms with E-state index in [1.807, 2.05) is 0 Å². The molecule has 0 saturated heterocycles. The summed E-state index contributed by atoms with van der Waals surface area (Å²) in [6, 6.07) is 17.9. The molecule has 0 unspecified atom stereocenters. The van der Waals surface area contributed by atoms with E-state index in [4.69, 9.17) is 0 Å². The van der Waals surface area contributed by atoms with E-state index in [2.05, 4.69) is 102 Å². The number of rotatable bonds is 4. The van der Waals surface area contributed by atoms with Crippen molar-refractivity contribution in [3.8, 4) is 0 Å². The molecule has 0 aliphatic heterocycles. The molecule has 2 heteroatoms. The fourth-order valence-corrected chi connectivity index (χ4v) is 5.08. The zero-order chi connectivity index (χ0) is 17.5. The van der Waals surface area contributed by atoms with E-state index in [1.165, 1.54) is 21.5 Å². The topological polar surface area (TPSA) is 0 Å². The zero-order valence-corrected chi connectivity index (χ0v) is 17.5. The minimum atomic E-state index is -1.26. The third-order valence-corrected chi connectivity index (χ3v) is 8.74. The summed E-state index contributed by atoms with van der Waals surface area (Å²) in [5, 5.41) is 2.96. The molecule has 0 N–H and O–H groups in total. The van der Waals surface area contributed by atoms with Gasteiger partial charge in [0.25, 0.3) is 0 Å². The Morgan fingerprint density at radius 3 is 1.04 bits per heavy atom. The first-order valence-electron chi connectivity index (χ1n) is 8.35. The molecule has 122 valence electrons. The van der Waals surface area contributed by atoms with Gasteiger partial charge in [-0.1, -0.05) is 98.2 Å². The Kier molecular flexibility index (Phi) is 4.80. The van der Waals surface area contributed by atoms with Crippen LogP contribution in [0.4, 0.5) is 0 Å². The second-order valence-electron chi connectivity index (χ2n) is 8.74. The second kappa shape index (κ2) is 6.06. The van der Waals surface area contributed by atoms with Gasteiger partial charge in [-0.15, -0.1) is 0 Å². The highest BCUT2D eigenvalue weighted by Gasteiger charge is 2.25. The van der Waals surface area contributed by atoms with Crippen LogP contribution in [-0.4, -0.2) is 16.1 Å². The third-order valence-electron chi connectivity index (χ3n) is 4.61. The normalized spacial score (nSPS) is 13.2. The van der Waals surface area contributed by atoms with Crippen molar-refractivity contribution in [3.05, 3.63) is 73.5 Å². The molecular weight excluding hydrogens is 308 g/mol. The molecule has 2 aromatic carbocycles. The average molecular weight is 339 g/mol. The Morgan fingerprint density at radius 2 is 0.826 bits per heavy atom. The fourth-order valence-electron chi connectivity index (χ4n) is 2.75. The van der Waals surface area contributed by atoms with Crippen LogP contribution in [0.3, 0.4) is 0 Å². The minimum Gasteiger partial charge on any atom is -0.0656 e. The van der Waals surface area contributed by atoms with Gasteiger partial charge in [0.1, 0.15) is 0 Å². The van der Waals surface area contributed by atoms with Crippen molar-refractivity contribution in [1.29, 1.82) is 0 Å². The molecule has 0 heterocycles. The van der Waals surface area contributed by atoms with Crippen LogP contribution in [0, 0.1) is 13.8 Å². The molecule has 0 bridgehead atoms. The quantitative estimate of drug-likeness (QED) is 0.707. The van der Waals surface area contributed by atoms with E-state index < -0.39 is 21.6 Å². The summed E-state index contributed by atoms with van der Waals surface area (Å²) in [6.45, 7) is 23.1. The van der Waals surface area contributed by atoms with Gasteiger partial charge in [-0.3, -0.25) is 0 Å². The zero-order valence-electron chi connectivity index (χ0n) is 15.5. The van der Waals surface area contributed by atoms with Crippen molar-refractivity contribution in [2.24, 2.45) is 0 Å². The lowest BCUT2D eigenvalue weighted by Gasteiger charge is -2.28. The highest BCUT2D eigenvalue weighted by atomic mass is 28.3. The van der Waals surface area contributed by atoms with Crippen molar-refractivity contribution in [3.63, 3.8) is 0 Å². The lowest BCUT2D eigenvalue weighted by molar-refractivity contribution is 0.807. The van der Waals surface area contributed by atoms with Crippen molar-refractivity contribution in [1.82, 2.24) is 0 Å². The van der Waals surface area contributed by atoms with Crippen LogP contribution in [0.25, 0.3) is 0 Å². The first kappa shape index (κ1) is 18.2. The largest absolute Gasteiger partial charge is 0.0775 e. The van der Waals surface area contributed by atoms with Crippen molar-refractivity contribution >= 4 is 26.5 Å². The molecule has 2 aromatic rings. The number of benzene rings is 2. The molecule has 0 amide bonds. The van der Waals surface area contributed by atoms with Crippen molar-refractivity contribution < 1.29 is 0 Å². The summed E-state index contributed by atoms with van der Waals surface area (Å²) in [5.74, 6) is 0. The monoisotopic (exact) mass is 338 g/mol. The van der Waals surface area contributed by atoms with Gasteiger partial charge in [0.15, 0.2) is 0 Å². The molecule has 0 spiro atoms. The van der Waals surface area contributed by atoms with Gasteiger partial charge in [-0.25, -0.2) is 0 Å². The fraction of sp³-hybridized carbons (Fsp3) is 0.333. The molecule has 0 fully saturated rings. The first-order chi connectivity index (χ1) is 10.4. The smallest absolute Gasteiger partial charge is 0.0656 e. The molecule has 23 heavy (non-hydrogen) atoms. The summed E-state index contributed by atoms with van der Waals surface area (Å²) < 4.78 is 0. The van der Waals surface area contributed by atoms with E-state index >= 15 is 0 Å². The van der Waals surface area contributed by atoms with Gasteiger partial charge in [-0.05, 0) is 25.0 Å². The molecule has 0 aliphatic rings. The number of hydrogen-bond donors (Lipinski definition) is 0. The maximum atomic E-state index is 4.41. The predicted molar refractivity (Wildman–Crippen MR) is 110 cm³/mol. The average Bonchev–Trinajstić information content (AvgIpc) is 2.46. The first-order valence-corrected chi connectivity index (χ1v) is 15.3. The summed E-state index contributed by atoms with van der Waals surface area (Å²) in [7, 11) is -2.52. The van der Waals surface area contributed by atoms with Gasteiger partial charge >= 0.3 is 0 Å². The minimum absolute atomic E-state index is 0.448. The highest BCUT2D eigenvalue weighted by molar-refractivity contribution is 6.89. The van der Waals surface area contributed by atoms with Crippen molar-refractivity contribution in [2.75, 3.05) is 0 Å². The summed E-state index contributed by atoms with van der Waals surface area (Å²) in [6.07, 6.45) is 0. The molecule has 0 atom stereocenters. The number of hydrogen-bond acceptors (Lipinski definition) is 0. The van der Waals surface area contributed by atoms with Crippen LogP contribution in [0.5, 0.6) is 0 Å². The maximum Gasteiger partial charge on any atom is 0.0775 e. The standard InChI is InChI=1S/C21H30Si2/c1-21(2,17-9-13-19(14-10-17)22(3,4)5)18-11-15-20(16-12-18)23(6,7)8/h9-16H,1-2H2,3-8H3. The summed E-state index contributed by atoms with van der Waals surface area (Å²) >= 11 is 0. The molecule has 0 aliphatic carbocycles. The third kappa shape index (κ3) is 4.05. The SMILES string of the molecule is [CH2]C([CH2])(c1ccc([Si](C)(C)C)cc1)c1ccc([Si](C)(C)C)cc1. The second-order valence-corrected chi connectivity index (χ2v) is 18.9. The van der Waals surface area contributed by atoms with Crippen LogP contribution in [0.1, 0.15) is 11.1 Å². The molecule has 2 radical (unpaired) electrons. The van der Waals surface area contributed by atoms with E-state index in [-0.39, 0.29) is 0 Å². The molecule has 0 nitrogen and oxygen atoms in total. The van der Waals surface area contributed by atoms with E-state index in [0.29, 0.717) is 0 Å². The Hall–Kier alpha value is -1.13. The van der Waals surface area contributed by atoms with Crippen LogP contribution in [0.2, 0.25) is 39.3 Å². The molecule has 0 aromatic heterocycles. The van der Waals surface area contributed by atoms with Gasteiger partial charge in [0, 0.05) is 5.41 Å². The van der Waals surface area contributed by atoms with E-state index in [0.717, 1.165) is 0 Å². The summed E-state index contributed by atoms with van der Waals surface area (Å²) in [4.78, 5) is 0. The van der Waals surface area contributed by atoms with Crippen LogP contribution < -0.4 is 10.4 Å². The van der Waals surface area contributed by atoms with Crippen LogP contribution in [0.15, 0.2) is 48.5 Å². The van der Waals surface area contributed by atoms with Gasteiger partial charge in [0.2, 0.25) is 0 Å². The van der Waals surface area contributed by atoms with E-state index in [1.54, 1.807) is 0 Å². The Labute approximate surface area is 145 Å². The Bertz CT molecular complexity index is 591. The summed E-state index contributed by atoms with van der Waals surface area (Å²) in [5.41, 5.74) is 1.91.